The van der Waals surface area contributed by atoms with Crippen molar-refractivity contribution in [2.45, 2.75) is 33.7 Å². The highest BCUT2D eigenvalue weighted by Crippen LogP contribution is 2.20. The molecule has 0 fully saturated rings. The van der Waals surface area contributed by atoms with Crippen molar-refractivity contribution in [1.82, 2.24) is 4.57 Å². The predicted octanol–water partition coefficient (Wildman–Crippen LogP) is 3.84. The van der Waals surface area contributed by atoms with E-state index >= 15 is 0 Å². The maximum absolute atomic E-state index is 5.43. The van der Waals surface area contributed by atoms with Crippen LogP contribution in [0.3, 0.4) is 0 Å². The van der Waals surface area contributed by atoms with E-state index in [0.29, 0.717) is 6.61 Å². The molecule has 0 saturated heterocycles. The van der Waals surface area contributed by atoms with Crippen LogP contribution in [-0.4, -0.2) is 11.2 Å². The van der Waals surface area contributed by atoms with E-state index in [2.05, 4.69) is 31.1 Å². The van der Waals surface area contributed by atoms with Crippen molar-refractivity contribution in [1.29, 1.82) is 0 Å². The number of ether oxygens (including phenoxy) is 1. The van der Waals surface area contributed by atoms with Gasteiger partial charge in [0.15, 0.2) is 0 Å². The molecule has 0 aliphatic carbocycles. The summed E-state index contributed by atoms with van der Waals surface area (Å²) in [7, 11) is 0. The van der Waals surface area contributed by atoms with Gasteiger partial charge in [-0.05, 0) is 44.5 Å². The highest BCUT2D eigenvalue weighted by atomic mass is 16.5. The van der Waals surface area contributed by atoms with Crippen molar-refractivity contribution < 1.29 is 9.15 Å². The molecule has 3 nitrogen and oxygen atoms in total. The summed E-state index contributed by atoms with van der Waals surface area (Å²) in [6.07, 6.45) is 2.48. The van der Waals surface area contributed by atoms with Gasteiger partial charge in [0.1, 0.15) is 5.76 Å². The van der Waals surface area contributed by atoms with Gasteiger partial charge in [-0.1, -0.05) is 6.58 Å². The molecular weight excluding hydrogens is 238 g/mol. The van der Waals surface area contributed by atoms with Crippen molar-refractivity contribution in [2.75, 3.05) is 6.61 Å². The van der Waals surface area contributed by atoms with Crippen molar-refractivity contribution >= 4 is 0 Å². The number of aromatic nitrogens is 1. The molecule has 0 aliphatic rings. The van der Waals surface area contributed by atoms with Crippen LogP contribution in [0.5, 0.6) is 0 Å². The number of rotatable bonds is 6. The number of nitrogens with zero attached hydrogens (tertiary/aromatic N) is 1. The van der Waals surface area contributed by atoms with E-state index in [1.807, 2.05) is 19.1 Å². The second kappa shape index (κ2) is 5.83. The molecule has 0 aliphatic heterocycles. The molecule has 3 heteroatoms. The minimum Gasteiger partial charge on any atom is -0.498 e. The van der Waals surface area contributed by atoms with Crippen LogP contribution in [0.1, 0.15) is 29.6 Å². The summed E-state index contributed by atoms with van der Waals surface area (Å²) in [6, 6.07) is 6.11. The van der Waals surface area contributed by atoms with Crippen LogP contribution in [0.15, 0.2) is 41.2 Å². The summed E-state index contributed by atoms with van der Waals surface area (Å²) in [4.78, 5) is 0. The molecule has 19 heavy (non-hydrogen) atoms. The van der Waals surface area contributed by atoms with E-state index in [-0.39, 0.29) is 0 Å². The molecule has 0 saturated carbocycles. The fraction of sp³-hybridized carbons (Fsp3) is 0.375. The topological polar surface area (TPSA) is 27.3 Å². The molecule has 0 N–H and O–H groups in total. The zero-order chi connectivity index (χ0) is 13.8. The molecule has 2 aromatic heterocycles. The number of furan rings is 1. The third-order valence-electron chi connectivity index (χ3n) is 3.31. The first-order chi connectivity index (χ1) is 9.11. The Hall–Kier alpha value is -1.90. The van der Waals surface area contributed by atoms with Gasteiger partial charge in [-0.15, -0.1) is 0 Å². The normalized spacial score (nSPS) is 10.7. The quantitative estimate of drug-likeness (QED) is 0.737. The Morgan fingerprint density at radius 1 is 1.42 bits per heavy atom. The second-order valence-corrected chi connectivity index (χ2v) is 4.71. The Balaban J connectivity index is 2.17. The highest BCUT2D eigenvalue weighted by molar-refractivity contribution is 5.30. The minimum atomic E-state index is 0.671. The van der Waals surface area contributed by atoms with Crippen LogP contribution in [0.2, 0.25) is 0 Å². The standard InChI is InChI=1S/C16H21NO2/c1-5-18-13(3)10-15-9-12(2)17(14(15)4)11-16-7-6-8-19-16/h6-9H,3,5,10-11H2,1-2,4H3. The summed E-state index contributed by atoms with van der Waals surface area (Å²) >= 11 is 0. The van der Waals surface area contributed by atoms with Gasteiger partial charge in [-0.2, -0.15) is 0 Å². The number of hydrogen-bond acceptors (Lipinski definition) is 2. The number of allylic oxidation sites excluding steroid dienone is 1. The van der Waals surface area contributed by atoms with Crippen LogP contribution in [0.25, 0.3) is 0 Å². The molecule has 0 radical (unpaired) electrons. The summed E-state index contributed by atoms with van der Waals surface area (Å²) in [5.74, 6) is 1.79. The number of aryl methyl sites for hydroxylation is 1. The summed E-state index contributed by atoms with van der Waals surface area (Å²) in [5.41, 5.74) is 3.74. The smallest absolute Gasteiger partial charge is 0.123 e. The summed E-state index contributed by atoms with van der Waals surface area (Å²) in [6.45, 7) is 11.6. The van der Waals surface area contributed by atoms with Gasteiger partial charge >= 0.3 is 0 Å². The largest absolute Gasteiger partial charge is 0.498 e. The van der Waals surface area contributed by atoms with Crippen LogP contribution >= 0.6 is 0 Å². The van der Waals surface area contributed by atoms with Gasteiger partial charge in [0.05, 0.1) is 25.2 Å². The molecule has 2 aromatic rings. The maximum atomic E-state index is 5.43. The molecule has 102 valence electrons. The third-order valence-corrected chi connectivity index (χ3v) is 3.31. The molecule has 0 aromatic carbocycles. The van der Waals surface area contributed by atoms with Gasteiger partial charge in [-0.25, -0.2) is 0 Å². The molecule has 0 spiro atoms. The molecule has 0 unspecified atom stereocenters. The van der Waals surface area contributed by atoms with Crippen molar-refractivity contribution in [2.24, 2.45) is 0 Å². The molecular formula is C16H21NO2. The molecule has 0 amide bonds. The SMILES string of the molecule is C=C(Cc1cc(C)n(Cc2ccco2)c1C)OCC. The number of hydrogen-bond donors (Lipinski definition) is 0. The average Bonchev–Trinajstić information content (AvgIpc) is 2.94. The lowest BCUT2D eigenvalue weighted by Crippen LogP contribution is -2.04. The fourth-order valence-corrected chi connectivity index (χ4v) is 2.32. The first kappa shape index (κ1) is 13.5. The summed E-state index contributed by atoms with van der Waals surface area (Å²) < 4.78 is 13.1. The molecule has 0 atom stereocenters. The monoisotopic (exact) mass is 259 g/mol. The van der Waals surface area contributed by atoms with Gasteiger partial charge in [0.25, 0.3) is 0 Å². The lowest BCUT2D eigenvalue weighted by molar-refractivity contribution is 0.225. The molecule has 2 heterocycles. The van der Waals surface area contributed by atoms with Gasteiger partial charge in [0.2, 0.25) is 0 Å². The lowest BCUT2D eigenvalue weighted by atomic mass is 10.1. The first-order valence-electron chi connectivity index (χ1n) is 6.60. The Bertz CT molecular complexity index is 550. The van der Waals surface area contributed by atoms with E-state index in [0.717, 1.165) is 24.5 Å². The van der Waals surface area contributed by atoms with Crippen LogP contribution < -0.4 is 0 Å². The predicted molar refractivity (Wildman–Crippen MR) is 76.2 cm³/mol. The zero-order valence-electron chi connectivity index (χ0n) is 11.9. The van der Waals surface area contributed by atoms with Gasteiger partial charge in [0, 0.05) is 17.8 Å². The summed E-state index contributed by atoms with van der Waals surface area (Å²) in [5, 5.41) is 0. The average molecular weight is 259 g/mol. The van der Waals surface area contributed by atoms with E-state index < -0.39 is 0 Å². The minimum absolute atomic E-state index is 0.671. The zero-order valence-corrected chi connectivity index (χ0v) is 11.9. The van der Waals surface area contributed by atoms with E-state index in [1.54, 1.807) is 6.26 Å². The molecule has 2 rings (SSSR count). The van der Waals surface area contributed by atoms with Gasteiger partial charge in [-0.3, -0.25) is 0 Å². The third kappa shape index (κ3) is 3.11. The Kier molecular flexibility index (Phi) is 4.15. The Morgan fingerprint density at radius 3 is 2.84 bits per heavy atom. The van der Waals surface area contributed by atoms with Crippen LogP contribution in [0.4, 0.5) is 0 Å². The van der Waals surface area contributed by atoms with Crippen molar-refractivity contribution in [3.05, 3.63) is 59.5 Å². The van der Waals surface area contributed by atoms with Crippen LogP contribution in [0, 0.1) is 13.8 Å². The fourth-order valence-electron chi connectivity index (χ4n) is 2.32. The van der Waals surface area contributed by atoms with E-state index in [9.17, 15) is 0 Å². The Morgan fingerprint density at radius 2 is 2.21 bits per heavy atom. The van der Waals surface area contributed by atoms with E-state index in [1.165, 1.54) is 17.0 Å². The van der Waals surface area contributed by atoms with E-state index in [4.69, 9.17) is 9.15 Å². The first-order valence-corrected chi connectivity index (χ1v) is 6.60. The second-order valence-electron chi connectivity index (χ2n) is 4.71. The van der Waals surface area contributed by atoms with Crippen LogP contribution in [-0.2, 0) is 17.7 Å². The molecule has 0 bridgehead atoms. The van der Waals surface area contributed by atoms with Crippen molar-refractivity contribution in [3.63, 3.8) is 0 Å². The van der Waals surface area contributed by atoms with Crippen molar-refractivity contribution in [3.8, 4) is 0 Å². The van der Waals surface area contributed by atoms with Gasteiger partial charge < -0.3 is 13.7 Å². The maximum Gasteiger partial charge on any atom is 0.123 e. The lowest BCUT2D eigenvalue weighted by Gasteiger charge is -2.09. The highest BCUT2D eigenvalue weighted by Gasteiger charge is 2.11. The Labute approximate surface area is 114 Å².